The van der Waals surface area contributed by atoms with Gasteiger partial charge in [-0.2, -0.15) is 5.10 Å². The van der Waals surface area contributed by atoms with Gasteiger partial charge in [0, 0.05) is 11.8 Å². The molecule has 0 aliphatic rings. The van der Waals surface area contributed by atoms with Gasteiger partial charge in [0.2, 0.25) is 0 Å². The average Bonchev–Trinajstić information content (AvgIpc) is 3.05. The lowest BCUT2D eigenvalue weighted by atomic mass is 10.1. The van der Waals surface area contributed by atoms with Crippen LogP contribution < -0.4 is 4.74 Å². The van der Waals surface area contributed by atoms with Gasteiger partial charge >= 0.3 is 0 Å². The molecule has 0 amide bonds. The number of ether oxygens (including phenoxy) is 1. The predicted molar refractivity (Wildman–Crippen MR) is 87.3 cm³/mol. The van der Waals surface area contributed by atoms with Gasteiger partial charge in [0.1, 0.15) is 5.75 Å². The van der Waals surface area contributed by atoms with E-state index in [4.69, 9.17) is 4.74 Å². The molecule has 1 unspecified atom stereocenters. The van der Waals surface area contributed by atoms with Crippen LogP contribution in [0.5, 0.6) is 5.75 Å². The summed E-state index contributed by atoms with van der Waals surface area (Å²) in [5, 5.41) is 4.43. The van der Waals surface area contributed by atoms with Crippen molar-refractivity contribution in [1.29, 1.82) is 0 Å². The summed E-state index contributed by atoms with van der Waals surface area (Å²) >= 11 is 3.73. The van der Waals surface area contributed by atoms with Gasteiger partial charge in [0.05, 0.1) is 23.8 Å². The number of alkyl halides is 1. The lowest BCUT2D eigenvalue weighted by molar-refractivity contribution is 0.414. The van der Waals surface area contributed by atoms with E-state index in [-0.39, 0.29) is 4.83 Å². The largest absolute Gasteiger partial charge is 0.497 e. The van der Waals surface area contributed by atoms with Gasteiger partial charge in [-0.05, 0) is 29.8 Å². The van der Waals surface area contributed by atoms with Gasteiger partial charge in [-0.3, -0.25) is 0 Å². The smallest absolute Gasteiger partial charge is 0.118 e. The topological polar surface area (TPSA) is 27.1 Å². The van der Waals surface area contributed by atoms with Crippen LogP contribution in [-0.4, -0.2) is 16.9 Å². The zero-order valence-electron chi connectivity index (χ0n) is 11.6. The first kappa shape index (κ1) is 13.9. The van der Waals surface area contributed by atoms with Crippen molar-refractivity contribution >= 4 is 15.9 Å². The van der Waals surface area contributed by atoms with Crippen LogP contribution in [0.15, 0.2) is 67.0 Å². The molecule has 0 aliphatic carbocycles. The Balaban J connectivity index is 1.85. The molecule has 21 heavy (non-hydrogen) atoms. The normalized spacial score (nSPS) is 12.1. The third kappa shape index (κ3) is 3.00. The van der Waals surface area contributed by atoms with Gasteiger partial charge in [-0.15, -0.1) is 0 Å². The fraction of sp³-hybridized carbons (Fsp3) is 0.118. The molecule has 4 heteroatoms. The molecule has 1 atom stereocenters. The highest BCUT2D eigenvalue weighted by molar-refractivity contribution is 9.09. The Morgan fingerprint density at radius 2 is 1.71 bits per heavy atom. The van der Waals surface area contributed by atoms with Crippen LogP contribution in [0.1, 0.15) is 16.0 Å². The molecule has 0 aliphatic heterocycles. The SMILES string of the molecule is COc1ccc(C(Br)c2cnn(-c3ccccc3)c2)cc1. The highest BCUT2D eigenvalue weighted by atomic mass is 79.9. The molecule has 0 radical (unpaired) electrons. The summed E-state index contributed by atoms with van der Waals surface area (Å²) in [5.74, 6) is 0.860. The number of aromatic nitrogens is 2. The zero-order chi connectivity index (χ0) is 14.7. The van der Waals surface area contributed by atoms with Gasteiger partial charge < -0.3 is 4.74 Å². The highest BCUT2D eigenvalue weighted by Crippen LogP contribution is 2.31. The number of methoxy groups -OCH3 is 1. The lowest BCUT2D eigenvalue weighted by Gasteiger charge is -2.08. The summed E-state index contributed by atoms with van der Waals surface area (Å²) in [7, 11) is 1.67. The van der Waals surface area contributed by atoms with Crippen molar-refractivity contribution in [2.45, 2.75) is 4.83 Å². The molecule has 2 aromatic carbocycles. The Morgan fingerprint density at radius 1 is 1.00 bits per heavy atom. The van der Waals surface area contributed by atoms with Crippen molar-refractivity contribution in [3.05, 3.63) is 78.1 Å². The number of nitrogens with zero attached hydrogens (tertiary/aromatic N) is 2. The molecule has 1 heterocycles. The van der Waals surface area contributed by atoms with Crippen molar-refractivity contribution < 1.29 is 4.74 Å². The van der Waals surface area contributed by atoms with E-state index < -0.39 is 0 Å². The van der Waals surface area contributed by atoms with Gasteiger partial charge in [-0.25, -0.2) is 4.68 Å². The minimum absolute atomic E-state index is 0.112. The van der Waals surface area contributed by atoms with Gasteiger partial charge in [0.15, 0.2) is 0 Å². The maximum absolute atomic E-state index is 5.18. The summed E-state index contributed by atoms with van der Waals surface area (Å²) in [6.45, 7) is 0. The Hall–Kier alpha value is -2.07. The lowest BCUT2D eigenvalue weighted by Crippen LogP contribution is -1.94. The van der Waals surface area contributed by atoms with Crippen LogP contribution >= 0.6 is 15.9 Å². The third-order valence-corrected chi connectivity index (χ3v) is 4.38. The van der Waals surface area contributed by atoms with E-state index in [0.717, 1.165) is 17.0 Å². The predicted octanol–water partition coefficient (Wildman–Crippen LogP) is 4.37. The maximum atomic E-state index is 5.18. The summed E-state index contributed by atoms with van der Waals surface area (Å²) in [6, 6.07) is 18.1. The second-order valence-electron chi connectivity index (χ2n) is 4.69. The Labute approximate surface area is 132 Å². The number of benzene rings is 2. The van der Waals surface area contributed by atoms with E-state index in [1.54, 1.807) is 7.11 Å². The first-order chi connectivity index (χ1) is 10.3. The molecule has 0 saturated heterocycles. The van der Waals surface area contributed by atoms with Crippen LogP contribution in [0.2, 0.25) is 0 Å². The standard InChI is InChI=1S/C17H15BrN2O/c1-21-16-9-7-13(8-10-16)17(18)14-11-19-20(12-14)15-5-3-2-4-6-15/h2-12,17H,1H3. The number of rotatable bonds is 4. The van der Waals surface area contributed by atoms with Crippen LogP contribution in [0, 0.1) is 0 Å². The van der Waals surface area contributed by atoms with E-state index in [2.05, 4.69) is 33.2 Å². The van der Waals surface area contributed by atoms with Gasteiger partial charge in [-0.1, -0.05) is 46.3 Å². The van der Waals surface area contributed by atoms with Crippen molar-refractivity contribution in [2.24, 2.45) is 0 Å². The second-order valence-corrected chi connectivity index (χ2v) is 5.61. The van der Waals surface area contributed by atoms with E-state index in [0.29, 0.717) is 0 Å². The molecule has 0 spiro atoms. The van der Waals surface area contributed by atoms with Crippen LogP contribution in [0.25, 0.3) is 5.69 Å². The van der Waals surface area contributed by atoms with E-state index in [9.17, 15) is 0 Å². The first-order valence-electron chi connectivity index (χ1n) is 6.66. The Morgan fingerprint density at radius 3 is 2.38 bits per heavy atom. The quantitative estimate of drug-likeness (QED) is 0.658. The number of para-hydroxylation sites is 1. The molecule has 0 fully saturated rings. The zero-order valence-corrected chi connectivity index (χ0v) is 13.2. The monoisotopic (exact) mass is 342 g/mol. The molecule has 3 nitrogen and oxygen atoms in total. The molecule has 0 N–H and O–H groups in total. The Bertz CT molecular complexity index is 707. The molecule has 106 valence electrons. The van der Waals surface area contributed by atoms with Gasteiger partial charge in [0.25, 0.3) is 0 Å². The van der Waals surface area contributed by atoms with Crippen molar-refractivity contribution in [3.8, 4) is 11.4 Å². The fourth-order valence-electron chi connectivity index (χ4n) is 2.15. The van der Waals surface area contributed by atoms with E-state index in [1.165, 1.54) is 5.56 Å². The minimum Gasteiger partial charge on any atom is -0.497 e. The molecule has 3 rings (SSSR count). The van der Waals surface area contributed by atoms with Crippen molar-refractivity contribution in [2.75, 3.05) is 7.11 Å². The minimum atomic E-state index is 0.112. The van der Waals surface area contributed by atoms with E-state index >= 15 is 0 Å². The van der Waals surface area contributed by atoms with Crippen molar-refractivity contribution in [1.82, 2.24) is 9.78 Å². The van der Waals surface area contributed by atoms with Crippen LogP contribution in [0.4, 0.5) is 0 Å². The summed E-state index contributed by atoms with van der Waals surface area (Å²) in [6.07, 6.45) is 3.93. The fourth-order valence-corrected chi connectivity index (χ4v) is 2.70. The number of halogens is 1. The van der Waals surface area contributed by atoms with Crippen LogP contribution in [-0.2, 0) is 0 Å². The average molecular weight is 343 g/mol. The maximum Gasteiger partial charge on any atom is 0.118 e. The molecular formula is C17H15BrN2O. The second kappa shape index (κ2) is 6.14. The summed E-state index contributed by atoms with van der Waals surface area (Å²) < 4.78 is 7.07. The molecule has 0 saturated carbocycles. The molecule has 1 aromatic heterocycles. The molecule has 0 bridgehead atoms. The number of hydrogen-bond acceptors (Lipinski definition) is 2. The highest BCUT2D eigenvalue weighted by Gasteiger charge is 2.13. The molecule has 3 aromatic rings. The van der Waals surface area contributed by atoms with Crippen LogP contribution in [0.3, 0.4) is 0 Å². The summed E-state index contributed by atoms with van der Waals surface area (Å²) in [5.41, 5.74) is 3.34. The molecular weight excluding hydrogens is 328 g/mol. The third-order valence-electron chi connectivity index (χ3n) is 3.32. The van der Waals surface area contributed by atoms with E-state index in [1.807, 2.05) is 59.5 Å². The Kier molecular flexibility index (Phi) is 4.06. The number of hydrogen-bond donors (Lipinski definition) is 0. The first-order valence-corrected chi connectivity index (χ1v) is 7.57. The summed E-state index contributed by atoms with van der Waals surface area (Å²) in [4.78, 5) is 0.112. The van der Waals surface area contributed by atoms with Crippen molar-refractivity contribution in [3.63, 3.8) is 0 Å².